The van der Waals surface area contributed by atoms with Gasteiger partial charge in [-0.3, -0.25) is 4.79 Å². The number of aliphatic hydroxyl groups is 1. The highest BCUT2D eigenvalue weighted by molar-refractivity contribution is 5.91. The smallest absolute Gasteiger partial charge is 0.397 e. The van der Waals surface area contributed by atoms with E-state index in [0.29, 0.717) is 12.2 Å². The van der Waals surface area contributed by atoms with Crippen molar-refractivity contribution in [2.24, 2.45) is 0 Å². The van der Waals surface area contributed by atoms with Crippen LogP contribution in [0, 0.1) is 0 Å². The molecule has 122 valence electrons. The summed E-state index contributed by atoms with van der Waals surface area (Å²) in [6.07, 6.45) is -3.36. The lowest BCUT2D eigenvalue weighted by Crippen LogP contribution is -2.34. The van der Waals surface area contributed by atoms with Crippen molar-refractivity contribution >= 4 is 11.6 Å². The van der Waals surface area contributed by atoms with E-state index >= 15 is 0 Å². The molecule has 2 atom stereocenters. The number of hydrogen-bond acceptors (Lipinski definition) is 3. The van der Waals surface area contributed by atoms with Crippen LogP contribution in [-0.4, -0.2) is 29.4 Å². The molecule has 0 spiro atoms. The highest BCUT2D eigenvalue weighted by Gasteiger charge is 2.31. The quantitative estimate of drug-likeness (QED) is 0.896. The molecule has 0 saturated heterocycles. The Morgan fingerprint density at radius 1 is 1.23 bits per heavy atom. The Hall–Kier alpha value is -1.76. The number of hydrogen-bond donors (Lipinski definition) is 2. The van der Waals surface area contributed by atoms with Crippen molar-refractivity contribution in [1.82, 2.24) is 0 Å². The minimum atomic E-state index is -4.52. The number of benzene rings is 1. The van der Waals surface area contributed by atoms with Gasteiger partial charge in [-0.2, -0.15) is 13.2 Å². The first-order valence-electron chi connectivity index (χ1n) is 7.15. The Balaban J connectivity index is 1.88. The van der Waals surface area contributed by atoms with Crippen LogP contribution in [0.3, 0.4) is 0 Å². The van der Waals surface area contributed by atoms with E-state index in [2.05, 4.69) is 5.32 Å². The number of ether oxygens (including phenoxy) is 1. The standard InChI is InChI=1S/C15H18F3NO3/c16-15(17,18)9-14(21)19-10-5-7-11(8-6-10)22-13-4-2-1-3-12(13)20/h5-8,12-13,20H,1-4,9H2,(H,19,21). The normalized spacial score (nSPS) is 22.2. The Bertz CT molecular complexity index is 502. The second kappa shape index (κ2) is 7.00. The number of carbonyl (C=O) groups is 1. The summed E-state index contributed by atoms with van der Waals surface area (Å²) in [4.78, 5) is 11.2. The number of carbonyl (C=O) groups excluding carboxylic acids is 1. The van der Waals surface area contributed by atoms with Crippen LogP contribution in [0.2, 0.25) is 0 Å². The maximum absolute atomic E-state index is 12.1. The molecule has 1 aromatic rings. The van der Waals surface area contributed by atoms with Gasteiger partial charge in [-0.25, -0.2) is 0 Å². The van der Waals surface area contributed by atoms with Crippen molar-refractivity contribution in [2.75, 3.05) is 5.32 Å². The first-order valence-corrected chi connectivity index (χ1v) is 7.15. The zero-order valence-electron chi connectivity index (χ0n) is 11.9. The summed E-state index contributed by atoms with van der Waals surface area (Å²) in [6.45, 7) is 0. The molecule has 2 unspecified atom stereocenters. The number of aliphatic hydroxyl groups excluding tert-OH is 1. The molecule has 2 rings (SSSR count). The molecule has 0 aromatic heterocycles. The van der Waals surface area contributed by atoms with E-state index in [4.69, 9.17) is 4.74 Å². The van der Waals surface area contributed by atoms with Crippen LogP contribution in [0.4, 0.5) is 18.9 Å². The molecule has 1 aromatic carbocycles. The molecule has 1 fully saturated rings. The molecule has 0 heterocycles. The fourth-order valence-corrected chi connectivity index (χ4v) is 2.39. The number of halogens is 3. The van der Waals surface area contributed by atoms with E-state index in [1.165, 1.54) is 12.1 Å². The lowest BCUT2D eigenvalue weighted by Gasteiger charge is -2.28. The molecule has 1 aliphatic carbocycles. The van der Waals surface area contributed by atoms with Crippen molar-refractivity contribution in [3.05, 3.63) is 24.3 Å². The van der Waals surface area contributed by atoms with E-state index in [0.717, 1.165) is 19.3 Å². The highest BCUT2D eigenvalue weighted by atomic mass is 19.4. The van der Waals surface area contributed by atoms with Crippen LogP contribution in [0.1, 0.15) is 32.1 Å². The Morgan fingerprint density at radius 2 is 1.86 bits per heavy atom. The van der Waals surface area contributed by atoms with Crippen molar-refractivity contribution in [3.8, 4) is 5.75 Å². The first-order chi connectivity index (χ1) is 10.3. The van der Waals surface area contributed by atoms with Gasteiger partial charge >= 0.3 is 6.18 Å². The third-order valence-corrected chi connectivity index (χ3v) is 3.45. The van der Waals surface area contributed by atoms with Crippen LogP contribution in [-0.2, 0) is 4.79 Å². The summed E-state index contributed by atoms with van der Waals surface area (Å²) >= 11 is 0. The minimum Gasteiger partial charge on any atom is -0.488 e. The van der Waals surface area contributed by atoms with E-state index in [1.807, 2.05) is 0 Å². The first kappa shape index (κ1) is 16.6. The predicted molar refractivity (Wildman–Crippen MR) is 74.6 cm³/mol. The molecule has 1 saturated carbocycles. The molecule has 1 amide bonds. The predicted octanol–water partition coefficient (Wildman–Crippen LogP) is 3.26. The van der Waals surface area contributed by atoms with Crippen molar-refractivity contribution in [3.63, 3.8) is 0 Å². The molecule has 0 radical (unpaired) electrons. The monoisotopic (exact) mass is 317 g/mol. The van der Waals surface area contributed by atoms with Gasteiger partial charge in [0, 0.05) is 5.69 Å². The van der Waals surface area contributed by atoms with Gasteiger partial charge in [0.15, 0.2) is 0 Å². The Morgan fingerprint density at radius 3 is 2.45 bits per heavy atom. The van der Waals surface area contributed by atoms with Crippen molar-refractivity contribution < 1.29 is 27.8 Å². The Labute approximate surface area is 126 Å². The zero-order chi connectivity index (χ0) is 16.2. The number of amides is 1. The lowest BCUT2D eigenvalue weighted by atomic mass is 9.95. The molecule has 4 nitrogen and oxygen atoms in total. The van der Waals surface area contributed by atoms with Crippen LogP contribution in [0.25, 0.3) is 0 Å². The summed E-state index contributed by atoms with van der Waals surface area (Å²) in [6, 6.07) is 6.06. The van der Waals surface area contributed by atoms with E-state index in [1.54, 1.807) is 12.1 Å². The maximum atomic E-state index is 12.1. The topological polar surface area (TPSA) is 58.6 Å². The summed E-state index contributed by atoms with van der Waals surface area (Å²) < 4.78 is 41.9. The SMILES string of the molecule is O=C(CC(F)(F)F)Nc1ccc(OC2CCCCC2O)cc1. The summed E-state index contributed by atoms with van der Waals surface area (Å²) in [5.41, 5.74) is 0.269. The average Bonchev–Trinajstić information content (AvgIpc) is 2.41. The van der Waals surface area contributed by atoms with E-state index in [-0.39, 0.29) is 11.8 Å². The van der Waals surface area contributed by atoms with Gasteiger partial charge in [0.25, 0.3) is 0 Å². The fourth-order valence-electron chi connectivity index (χ4n) is 2.39. The van der Waals surface area contributed by atoms with Crippen molar-refractivity contribution in [1.29, 1.82) is 0 Å². The molecule has 0 aliphatic heterocycles. The van der Waals surface area contributed by atoms with Gasteiger partial charge in [0.1, 0.15) is 18.3 Å². The van der Waals surface area contributed by atoms with Gasteiger partial charge < -0.3 is 15.2 Å². The molecule has 0 bridgehead atoms. The fraction of sp³-hybridized carbons (Fsp3) is 0.533. The third-order valence-electron chi connectivity index (χ3n) is 3.45. The van der Waals surface area contributed by atoms with Gasteiger partial charge in [0.05, 0.1) is 6.10 Å². The van der Waals surface area contributed by atoms with Gasteiger partial charge in [-0.15, -0.1) is 0 Å². The zero-order valence-corrected chi connectivity index (χ0v) is 11.9. The average molecular weight is 317 g/mol. The molecule has 2 N–H and O–H groups in total. The van der Waals surface area contributed by atoms with Crippen LogP contribution in [0.5, 0.6) is 5.75 Å². The molecule has 1 aliphatic rings. The molecular weight excluding hydrogens is 299 g/mol. The van der Waals surface area contributed by atoms with Crippen molar-refractivity contribution in [2.45, 2.75) is 50.5 Å². The maximum Gasteiger partial charge on any atom is 0.397 e. The van der Waals surface area contributed by atoms with E-state index < -0.39 is 24.6 Å². The van der Waals surface area contributed by atoms with Gasteiger partial charge in [-0.1, -0.05) is 6.42 Å². The van der Waals surface area contributed by atoms with E-state index in [9.17, 15) is 23.1 Å². The number of nitrogens with one attached hydrogen (secondary N) is 1. The van der Waals surface area contributed by atoms with Gasteiger partial charge in [-0.05, 0) is 43.5 Å². The number of anilines is 1. The second-order valence-electron chi connectivity index (χ2n) is 5.37. The Kier molecular flexibility index (Phi) is 5.28. The number of alkyl halides is 3. The largest absolute Gasteiger partial charge is 0.488 e. The van der Waals surface area contributed by atoms with Crippen LogP contribution < -0.4 is 10.1 Å². The minimum absolute atomic E-state index is 0.264. The summed E-state index contributed by atoms with van der Waals surface area (Å²) in [5, 5.41) is 12.0. The van der Waals surface area contributed by atoms with Crippen LogP contribution >= 0.6 is 0 Å². The summed E-state index contributed by atoms with van der Waals surface area (Å²) in [5.74, 6) is -0.594. The molecule has 7 heteroatoms. The number of rotatable bonds is 4. The third kappa shape index (κ3) is 5.22. The van der Waals surface area contributed by atoms with Crippen LogP contribution in [0.15, 0.2) is 24.3 Å². The lowest BCUT2D eigenvalue weighted by molar-refractivity contribution is -0.150. The summed E-state index contributed by atoms with van der Waals surface area (Å²) in [7, 11) is 0. The van der Waals surface area contributed by atoms with Gasteiger partial charge in [0.2, 0.25) is 5.91 Å². The molecular formula is C15H18F3NO3. The highest BCUT2D eigenvalue weighted by Crippen LogP contribution is 2.25. The molecule has 22 heavy (non-hydrogen) atoms. The second-order valence-corrected chi connectivity index (χ2v) is 5.37.